The molecule has 0 fully saturated rings. The zero-order valence-electron chi connectivity index (χ0n) is 10.1. The molecule has 0 aliphatic carbocycles. The number of methoxy groups -OCH3 is 1. The smallest absolute Gasteiger partial charge is 0.233 e. The number of benzene rings is 1. The van der Waals surface area contributed by atoms with E-state index in [2.05, 4.69) is 10.2 Å². The molecule has 0 aliphatic heterocycles. The third-order valence-corrected chi connectivity index (χ3v) is 2.65. The van der Waals surface area contributed by atoms with Crippen LogP contribution in [-0.2, 0) is 0 Å². The van der Waals surface area contributed by atoms with E-state index in [1.165, 1.54) is 19.2 Å². The standard InChI is InChI=1S/C13H13FN2O2/c1-8-7-9(3-4-10(8)14)13(17)11-5-6-12(18-2)16-15-11/h3-7,13,17H,1-2H3. The largest absolute Gasteiger partial charge is 0.480 e. The lowest BCUT2D eigenvalue weighted by Crippen LogP contribution is -2.04. The van der Waals surface area contributed by atoms with Gasteiger partial charge in [0.2, 0.25) is 5.88 Å². The number of aromatic nitrogens is 2. The van der Waals surface area contributed by atoms with Gasteiger partial charge in [-0.1, -0.05) is 12.1 Å². The van der Waals surface area contributed by atoms with Gasteiger partial charge in [0.15, 0.2) is 0 Å². The van der Waals surface area contributed by atoms with Gasteiger partial charge in [-0.2, -0.15) is 0 Å². The van der Waals surface area contributed by atoms with Crippen molar-refractivity contribution in [3.8, 4) is 5.88 Å². The molecular formula is C13H13FN2O2. The van der Waals surface area contributed by atoms with Crippen LogP contribution in [0.25, 0.3) is 0 Å². The van der Waals surface area contributed by atoms with Crippen LogP contribution in [0.4, 0.5) is 4.39 Å². The number of hydrogen-bond donors (Lipinski definition) is 1. The van der Waals surface area contributed by atoms with Crippen molar-refractivity contribution in [1.82, 2.24) is 10.2 Å². The van der Waals surface area contributed by atoms with E-state index in [4.69, 9.17) is 4.74 Å². The van der Waals surface area contributed by atoms with Crippen molar-refractivity contribution in [2.45, 2.75) is 13.0 Å². The maximum atomic E-state index is 13.1. The first-order chi connectivity index (χ1) is 8.61. The van der Waals surface area contributed by atoms with Crippen molar-refractivity contribution in [2.75, 3.05) is 7.11 Å². The molecule has 0 spiro atoms. The van der Waals surface area contributed by atoms with E-state index < -0.39 is 6.10 Å². The van der Waals surface area contributed by atoms with E-state index >= 15 is 0 Å². The molecule has 4 nitrogen and oxygen atoms in total. The van der Waals surface area contributed by atoms with Crippen LogP contribution in [0, 0.1) is 12.7 Å². The van der Waals surface area contributed by atoms with E-state index in [0.29, 0.717) is 22.7 Å². The molecule has 1 aromatic carbocycles. The maximum Gasteiger partial charge on any atom is 0.233 e. The van der Waals surface area contributed by atoms with Gasteiger partial charge in [-0.3, -0.25) is 0 Å². The van der Waals surface area contributed by atoms with Crippen LogP contribution in [0.3, 0.4) is 0 Å². The van der Waals surface area contributed by atoms with Gasteiger partial charge >= 0.3 is 0 Å². The Labute approximate surface area is 104 Å². The Kier molecular flexibility index (Phi) is 3.53. The first-order valence-corrected chi connectivity index (χ1v) is 5.43. The summed E-state index contributed by atoms with van der Waals surface area (Å²) in [5.74, 6) is 0.0769. The summed E-state index contributed by atoms with van der Waals surface area (Å²) in [6.45, 7) is 1.64. The van der Waals surface area contributed by atoms with Gasteiger partial charge in [-0.25, -0.2) is 4.39 Å². The highest BCUT2D eigenvalue weighted by atomic mass is 19.1. The zero-order valence-corrected chi connectivity index (χ0v) is 10.1. The van der Waals surface area contributed by atoms with Crippen molar-refractivity contribution >= 4 is 0 Å². The van der Waals surface area contributed by atoms with Crippen LogP contribution >= 0.6 is 0 Å². The third-order valence-electron chi connectivity index (χ3n) is 2.65. The van der Waals surface area contributed by atoms with Crippen LogP contribution in [0.5, 0.6) is 5.88 Å². The predicted molar refractivity (Wildman–Crippen MR) is 63.8 cm³/mol. The highest BCUT2D eigenvalue weighted by Gasteiger charge is 2.13. The Morgan fingerprint density at radius 3 is 2.56 bits per heavy atom. The summed E-state index contributed by atoms with van der Waals surface area (Å²) >= 11 is 0. The van der Waals surface area contributed by atoms with Gasteiger partial charge in [0.1, 0.15) is 11.9 Å². The second kappa shape index (κ2) is 5.10. The molecule has 18 heavy (non-hydrogen) atoms. The SMILES string of the molecule is COc1ccc(C(O)c2ccc(F)c(C)c2)nn1. The minimum Gasteiger partial charge on any atom is -0.480 e. The third kappa shape index (κ3) is 2.46. The molecule has 1 heterocycles. The number of nitrogens with zero attached hydrogens (tertiary/aromatic N) is 2. The summed E-state index contributed by atoms with van der Waals surface area (Å²) < 4.78 is 18.0. The van der Waals surface area contributed by atoms with Crippen LogP contribution in [0.15, 0.2) is 30.3 Å². The lowest BCUT2D eigenvalue weighted by molar-refractivity contribution is 0.213. The lowest BCUT2D eigenvalue weighted by atomic mass is 10.0. The molecule has 0 saturated carbocycles. The van der Waals surface area contributed by atoms with E-state index in [9.17, 15) is 9.50 Å². The van der Waals surface area contributed by atoms with Crippen molar-refractivity contribution in [2.24, 2.45) is 0 Å². The highest BCUT2D eigenvalue weighted by molar-refractivity contribution is 5.30. The van der Waals surface area contributed by atoms with Crippen LogP contribution in [0.2, 0.25) is 0 Å². The molecule has 0 radical (unpaired) electrons. The Morgan fingerprint density at radius 2 is 2.00 bits per heavy atom. The van der Waals surface area contributed by atoms with Gasteiger partial charge in [0, 0.05) is 6.07 Å². The Balaban J connectivity index is 2.28. The quantitative estimate of drug-likeness (QED) is 0.902. The van der Waals surface area contributed by atoms with Gasteiger partial charge in [0.25, 0.3) is 0 Å². The fourth-order valence-corrected chi connectivity index (χ4v) is 1.59. The number of ether oxygens (including phenoxy) is 1. The number of halogens is 1. The second-order valence-corrected chi connectivity index (χ2v) is 3.91. The van der Waals surface area contributed by atoms with Crippen LogP contribution in [0.1, 0.15) is 22.9 Å². The van der Waals surface area contributed by atoms with Gasteiger partial charge in [-0.05, 0) is 30.2 Å². The molecule has 0 amide bonds. The van der Waals surface area contributed by atoms with Gasteiger partial charge in [0.05, 0.1) is 12.8 Å². The molecule has 5 heteroatoms. The molecule has 94 valence electrons. The lowest BCUT2D eigenvalue weighted by Gasteiger charge is -2.11. The average Bonchev–Trinajstić information content (AvgIpc) is 2.41. The maximum absolute atomic E-state index is 13.1. The summed E-state index contributed by atoms with van der Waals surface area (Å²) in [5.41, 5.74) is 1.45. The first-order valence-electron chi connectivity index (χ1n) is 5.43. The normalized spacial score (nSPS) is 12.2. The summed E-state index contributed by atoms with van der Waals surface area (Å²) in [7, 11) is 1.49. The predicted octanol–water partition coefficient (Wildman–Crippen LogP) is 2.01. The topological polar surface area (TPSA) is 55.2 Å². The van der Waals surface area contributed by atoms with Crippen LogP contribution < -0.4 is 4.74 Å². The van der Waals surface area contributed by atoms with E-state index in [1.807, 2.05) is 0 Å². The molecule has 1 atom stereocenters. The summed E-state index contributed by atoms with van der Waals surface area (Å²) in [6.07, 6.45) is -0.928. The summed E-state index contributed by atoms with van der Waals surface area (Å²) in [6, 6.07) is 7.67. The number of aryl methyl sites for hydroxylation is 1. The summed E-state index contributed by atoms with van der Waals surface area (Å²) in [5, 5.41) is 17.7. The van der Waals surface area contributed by atoms with Crippen molar-refractivity contribution in [3.05, 3.63) is 53.0 Å². The number of hydrogen-bond acceptors (Lipinski definition) is 4. The van der Waals surface area contributed by atoms with Crippen LogP contribution in [-0.4, -0.2) is 22.4 Å². The molecule has 1 N–H and O–H groups in total. The van der Waals surface area contributed by atoms with E-state index in [0.717, 1.165) is 0 Å². The Bertz CT molecular complexity index is 543. The molecule has 0 bridgehead atoms. The van der Waals surface area contributed by atoms with E-state index in [1.54, 1.807) is 25.1 Å². The highest BCUT2D eigenvalue weighted by Crippen LogP contribution is 2.22. The van der Waals surface area contributed by atoms with Gasteiger partial charge < -0.3 is 9.84 Å². The number of aliphatic hydroxyl groups is 1. The monoisotopic (exact) mass is 248 g/mol. The second-order valence-electron chi connectivity index (χ2n) is 3.91. The Hall–Kier alpha value is -2.01. The molecule has 0 aliphatic rings. The number of rotatable bonds is 3. The van der Waals surface area contributed by atoms with Crippen molar-refractivity contribution < 1.29 is 14.2 Å². The average molecular weight is 248 g/mol. The Morgan fingerprint density at radius 1 is 1.22 bits per heavy atom. The molecule has 0 saturated heterocycles. The van der Waals surface area contributed by atoms with Gasteiger partial charge in [-0.15, -0.1) is 10.2 Å². The van der Waals surface area contributed by atoms with Crippen molar-refractivity contribution in [1.29, 1.82) is 0 Å². The zero-order chi connectivity index (χ0) is 13.1. The molecule has 1 aromatic heterocycles. The molecule has 2 aromatic rings. The minimum absolute atomic E-state index is 0.299. The molecular weight excluding hydrogens is 235 g/mol. The first kappa shape index (κ1) is 12.4. The fraction of sp³-hybridized carbons (Fsp3) is 0.231. The fourth-order valence-electron chi connectivity index (χ4n) is 1.59. The minimum atomic E-state index is -0.928. The van der Waals surface area contributed by atoms with Crippen molar-refractivity contribution in [3.63, 3.8) is 0 Å². The van der Waals surface area contributed by atoms with E-state index in [-0.39, 0.29) is 5.82 Å². The molecule has 2 rings (SSSR count). The molecule has 1 unspecified atom stereocenters. The summed E-state index contributed by atoms with van der Waals surface area (Å²) in [4.78, 5) is 0. The number of aliphatic hydroxyl groups excluding tert-OH is 1.